The molecule has 19 heteroatoms. The number of rotatable bonds is 18. The lowest BCUT2D eigenvalue weighted by Gasteiger charge is -2.21. The Balaban J connectivity index is 0.874. The van der Waals surface area contributed by atoms with Gasteiger partial charge >= 0.3 is 11.9 Å². The van der Waals surface area contributed by atoms with Crippen LogP contribution in [0.15, 0.2) is 64.3 Å². The van der Waals surface area contributed by atoms with E-state index in [2.05, 4.69) is 10.2 Å². The summed E-state index contributed by atoms with van der Waals surface area (Å²) in [5, 5.41) is 1.83. The van der Waals surface area contributed by atoms with E-state index in [-0.39, 0.29) is 72.9 Å². The molecule has 0 radical (unpaired) electrons. The fourth-order valence-corrected chi connectivity index (χ4v) is 7.45. The minimum Gasteiger partial charge on any atom is -0.493 e. The molecule has 316 valence electrons. The molecule has 4 aromatic rings. The molecule has 0 spiro atoms. The van der Waals surface area contributed by atoms with Crippen molar-refractivity contribution in [2.45, 2.75) is 37.9 Å². The summed E-state index contributed by atoms with van der Waals surface area (Å²) >= 11 is 0.743. The average Bonchev–Trinajstić information content (AvgIpc) is 3.63. The fraction of sp³-hybridized carbons (Fsp3) is 0.366. The molecule has 0 saturated carbocycles. The number of thioether (sulfide) groups is 1. The summed E-state index contributed by atoms with van der Waals surface area (Å²) in [6, 6.07) is 12.2. The van der Waals surface area contributed by atoms with Crippen LogP contribution in [0.2, 0.25) is 0 Å². The van der Waals surface area contributed by atoms with E-state index in [1.165, 1.54) is 46.6 Å². The predicted octanol–water partition coefficient (Wildman–Crippen LogP) is 6.41. The van der Waals surface area contributed by atoms with Gasteiger partial charge < -0.3 is 23.7 Å². The third-order valence-corrected chi connectivity index (χ3v) is 10.5. The number of nitrogens with one attached hydrogen (secondary N) is 1. The predicted molar refractivity (Wildman–Crippen MR) is 213 cm³/mol. The van der Waals surface area contributed by atoms with Crippen LogP contribution >= 0.6 is 11.8 Å². The molecule has 3 aromatic carbocycles. The number of amides is 4. The number of nitrogens with zero attached hydrogens (tertiary/aromatic N) is 4. The number of imidazole rings is 1. The molecule has 4 amide bonds. The highest BCUT2D eigenvalue weighted by atomic mass is 32.2. The third-order valence-electron chi connectivity index (χ3n) is 9.61. The molecule has 2 saturated heterocycles. The first kappa shape index (κ1) is 43.6. The lowest BCUT2D eigenvalue weighted by atomic mass is 10.1. The zero-order valence-electron chi connectivity index (χ0n) is 32.5. The van der Waals surface area contributed by atoms with Crippen molar-refractivity contribution in [1.82, 2.24) is 19.4 Å². The number of imide groups is 2. The minimum atomic E-state index is -4.77. The number of carbonyl (C=O) groups excluding carboxylic acids is 4. The van der Waals surface area contributed by atoms with E-state index >= 15 is 0 Å². The van der Waals surface area contributed by atoms with Gasteiger partial charge in [-0.15, -0.1) is 0 Å². The molecule has 1 N–H and O–H groups in total. The van der Waals surface area contributed by atoms with Crippen LogP contribution in [0.1, 0.15) is 42.0 Å². The molecule has 1 aromatic heterocycles. The number of benzene rings is 3. The largest absolute Gasteiger partial charge is 0.493 e. The number of methoxy groups -OCH3 is 1. The van der Waals surface area contributed by atoms with Crippen LogP contribution in [0.25, 0.3) is 22.0 Å². The van der Waals surface area contributed by atoms with Gasteiger partial charge in [0, 0.05) is 20.1 Å². The lowest BCUT2D eigenvalue weighted by molar-refractivity contribution is -0.139. The van der Waals surface area contributed by atoms with Crippen molar-refractivity contribution < 1.29 is 56.0 Å². The molecule has 2 aliphatic heterocycles. The Hall–Kier alpha value is -5.94. The van der Waals surface area contributed by atoms with Crippen LogP contribution in [0.4, 0.5) is 23.7 Å². The molecule has 1 atom stereocenters. The summed E-state index contributed by atoms with van der Waals surface area (Å²) in [5.41, 5.74) is 1.16. The van der Waals surface area contributed by atoms with Crippen LogP contribution in [0.5, 0.6) is 17.2 Å². The van der Waals surface area contributed by atoms with Gasteiger partial charge in [0.1, 0.15) is 11.8 Å². The van der Waals surface area contributed by atoms with Gasteiger partial charge in [-0.1, -0.05) is 18.2 Å². The zero-order valence-corrected chi connectivity index (χ0v) is 33.4. The van der Waals surface area contributed by atoms with E-state index in [0.29, 0.717) is 48.9 Å². The van der Waals surface area contributed by atoms with Crippen molar-refractivity contribution in [1.29, 1.82) is 0 Å². The van der Waals surface area contributed by atoms with Crippen molar-refractivity contribution in [3.8, 4) is 17.2 Å². The second-order valence-corrected chi connectivity index (χ2v) is 14.6. The van der Waals surface area contributed by atoms with Crippen molar-refractivity contribution in [3.63, 3.8) is 0 Å². The van der Waals surface area contributed by atoms with Gasteiger partial charge in [-0.3, -0.25) is 38.5 Å². The first-order valence-electron chi connectivity index (χ1n) is 18.8. The molecule has 0 bridgehead atoms. The first-order valence-corrected chi connectivity index (χ1v) is 19.6. The Morgan fingerprint density at radius 3 is 2.30 bits per heavy atom. The number of halogens is 3. The number of fused-ring (bicyclic) bond motifs is 1. The Bertz CT molecular complexity index is 2420. The fourth-order valence-electron chi connectivity index (χ4n) is 6.59. The summed E-state index contributed by atoms with van der Waals surface area (Å²) in [4.78, 5) is 66.9. The van der Waals surface area contributed by atoms with Crippen LogP contribution in [-0.4, -0.2) is 90.3 Å². The van der Waals surface area contributed by atoms with Crippen molar-refractivity contribution in [2.24, 2.45) is 7.05 Å². The number of piperidine rings is 1. The van der Waals surface area contributed by atoms with E-state index in [1.54, 1.807) is 7.05 Å². The Labute approximate surface area is 345 Å². The number of alkyl halides is 3. The maximum Gasteiger partial charge on any atom is 0.418 e. The Morgan fingerprint density at radius 2 is 1.60 bits per heavy atom. The van der Waals surface area contributed by atoms with Crippen LogP contribution < -0.4 is 20.5 Å². The number of hydrogen-bond donors (Lipinski definition) is 1. The van der Waals surface area contributed by atoms with Crippen molar-refractivity contribution in [2.75, 3.05) is 53.3 Å². The lowest BCUT2D eigenvalue weighted by Crippen LogP contribution is -2.44. The number of aromatic nitrogens is 2. The van der Waals surface area contributed by atoms with Crippen LogP contribution in [0, 0.1) is 6.57 Å². The number of ether oxygens (including phenoxy) is 5. The van der Waals surface area contributed by atoms with E-state index < -0.39 is 40.6 Å². The topological polar surface area (TPSA) is 161 Å². The highest BCUT2D eigenvalue weighted by molar-refractivity contribution is 8.18. The van der Waals surface area contributed by atoms with Gasteiger partial charge in [0.2, 0.25) is 11.8 Å². The van der Waals surface area contributed by atoms with E-state index in [9.17, 15) is 37.1 Å². The summed E-state index contributed by atoms with van der Waals surface area (Å²) in [5.74, 6) is -1.80. The normalized spacial score (nSPS) is 16.5. The monoisotopic (exact) mass is 851 g/mol. The van der Waals surface area contributed by atoms with Crippen molar-refractivity contribution >= 4 is 57.5 Å². The molecule has 15 nitrogen and oxygen atoms in total. The molecule has 1 unspecified atom stereocenters. The van der Waals surface area contributed by atoms with E-state index in [4.69, 9.17) is 30.3 Å². The molecular weight excluding hydrogens is 812 g/mol. The maximum absolute atomic E-state index is 13.6. The van der Waals surface area contributed by atoms with Gasteiger partial charge in [0.25, 0.3) is 11.1 Å². The van der Waals surface area contributed by atoms with Gasteiger partial charge in [-0.2, -0.15) is 13.2 Å². The second-order valence-electron chi connectivity index (χ2n) is 13.6. The molecule has 0 aliphatic carbocycles. The van der Waals surface area contributed by atoms with E-state index in [0.717, 1.165) is 34.7 Å². The third kappa shape index (κ3) is 10.3. The molecule has 6 rings (SSSR count). The standard InChI is InChI=1S/C41H40F3N5O10S/c1-45-27-8-12-32(28(24-27)41(42,43)44)59-33-11-7-26(22-34(33)55-3)23-35-38(52)48(40(54)60-35)14-16-57-18-20-58-19-17-56-15-4-5-25-6-9-29-31(21-25)47(2)39(53)49(29)30-10-13-36(50)46-37(30)51/h6-9,11-12,21-24,30H,4-5,10,13-20H2,2-3H3,(H,46,50,51)/b35-23-. The Morgan fingerprint density at radius 1 is 0.883 bits per heavy atom. The SMILES string of the molecule is [C-]#[N+]c1ccc(Oc2ccc(/C=C3\SC(=O)N(CCOCCOCCOCCCc4ccc5c(c4)n(C)c(=O)n5C4CCC(=O)NC4=O)C3=O)cc2OC)c(C(F)(F)F)c1. The smallest absolute Gasteiger partial charge is 0.418 e. The highest BCUT2D eigenvalue weighted by Crippen LogP contribution is 2.42. The molecule has 60 heavy (non-hydrogen) atoms. The molecule has 3 heterocycles. The van der Waals surface area contributed by atoms with Gasteiger partial charge in [0.05, 0.1) is 74.8 Å². The highest BCUT2D eigenvalue weighted by Gasteiger charge is 2.36. The quantitative estimate of drug-likeness (QED) is 0.0510. The summed E-state index contributed by atoms with van der Waals surface area (Å²) in [7, 11) is 2.96. The summed E-state index contributed by atoms with van der Waals surface area (Å²) in [6.07, 6.45) is -1.42. The van der Waals surface area contributed by atoms with Crippen molar-refractivity contribution in [3.05, 3.63) is 98.1 Å². The van der Waals surface area contributed by atoms with Gasteiger partial charge in [0.15, 0.2) is 17.2 Å². The number of aryl methyl sites for hydroxylation is 2. The minimum absolute atomic E-state index is 0.0178. The Kier molecular flexibility index (Phi) is 14.1. The van der Waals surface area contributed by atoms with Gasteiger partial charge in [-0.05, 0) is 84.6 Å². The second kappa shape index (κ2) is 19.4. The molecule has 2 fully saturated rings. The van der Waals surface area contributed by atoms with Gasteiger partial charge in [-0.25, -0.2) is 9.64 Å². The number of hydrogen-bond acceptors (Lipinski definition) is 11. The summed E-state index contributed by atoms with van der Waals surface area (Å²) in [6.45, 7) is 8.81. The zero-order chi connectivity index (χ0) is 43.0. The molecular formula is C41H40F3N5O10S. The van der Waals surface area contributed by atoms with E-state index in [1.807, 2.05) is 18.2 Å². The van der Waals surface area contributed by atoms with Crippen LogP contribution in [-0.2, 0) is 48.2 Å². The maximum atomic E-state index is 13.6. The number of carbonyl (C=O) groups is 4. The first-order chi connectivity index (χ1) is 28.8. The summed E-state index contributed by atoms with van der Waals surface area (Å²) < 4.78 is 71.5. The average molecular weight is 852 g/mol. The van der Waals surface area contributed by atoms with Crippen LogP contribution in [0.3, 0.4) is 0 Å². The molecule has 2 aliphatic rings.